The van der Waals surface area contributed by atoms with Crippen LogP contribution in [0.2, 0.25) is 5.02 Å². The summed E-state index contributed by atoms with van der Waals surface area (Å²) in [5.74, 6) is 0.756. The lowest BCUT2D eigenvalue weighted by molar-refractivity contribution is 0.0391. The van der Waals surface area contributed by atoms with Crippen LogP contribution in [0.4, 0.5) is 5.69 Å². The quantitative estimate of drug-likeness (QED) is 0.806. The van der Waals surface area contributed by atoms with Crippen molar-refractivity contribution in [3.05, 3.63) is 35.0 Å². The summed E-state index contributed by atoms with van der Waals surface area (Å²) < 4.78 is 1.75. The fourth-order valence-corrected chi connectivity index (χ4v) is 4.78. The normalized spacial score (nSPS) is 22.9. The summed E-state index contributed by atoms with van der Waals surface area (Å²) in [5, 5.41) is 4.88. The van der Waals surface area contributed by atoms with Crippen molar-refractivity contribution < 1.29 is 4.79 Å². The number of carbonyl (C=O) groups is 1. The third-order valence-electron chi connectivity index (χ3n) is 5.94. The molecule has 0 radical (unpaired) electrons. The van der Waals surface area contributed by atoms with Gasteiger partial charge in [0, 0.05) is 25.2 Å². The zero-order valence-electron chi connectivity index (χ0n) is 15.1. The molecule has 4 rings (SSSR count). The van der Waals surface area contributed by atoms with E-state index in [-0.39, 0.29) is 5.91 Å². The third kappa shape index (κ3) is 2.98. The van der Waals surface area contributed by atoms with E-state index in [0.29, 0.717) is 28.2 Å². The number of benzene rings is 1. The van der Waals surface area contributed by atoms with Gasteiger partial charge in [0.25, 0.3) is 5.91 Å². The Hall–Kier alpha value is -2.01. The summed E-state index contributed by atoms with van der Waals surface area (Å²) in [5.41, 5.74) is 8.81. The number of aryl methyl sites for hydroxylation is 1. The van der Waals surface area contributed by atoms with Crippen LogP contribution in [0, 0.1) is 5.92 Å². The summed E-state index contributed by atoms with van der Waals surface area (Å²) in [6, 6.07) is 5.86. The van der Waals surface area contributed by atoms with E-state index >= 15 is 0 Å². The molecule has 2 aliphatic rings. The van der Waals surface area contributed by atoms with E-state index in [4.69, 9.17) is 17.3 Å². The van der Waals surface area contributed by atoms with Gasteiger partial charge >= 0.3 is 0 Å². The molecule has 0 bridgehead atoms. The van der Waals surface area contributed by atoms with Gasteiger partial charge in [0.15, 0.2) is 0 Å². The van der Waals surface area contributed by atoms with Crippen LogP contribution < -0.4 is 5.73 Å². The van der Waals surface area contributed by atoms with E-state index in [2.05, 4.69) is 10.00 Å². The summed E-state index contributed by atoms with van der Waals surface area (Å²) in [7, 11) is 1.86. The first kappa shape index (κ1) is 17.4. The van der Waals surface area contributed by atoms with Crippen molar-refractivity contribution in [1.29, 1.82) is 0 Å². The highest BCUT2D eigenvalue weighted by Gasteiger charge is 2.37. The van der Waals surface area contributed by atoms with Crippen molar-refractivity contribution in [1.82, 2.24) is 14.7 Å². The van der Waals surface area contributed by atoms with Gasteiger partial charge in [-0.1, -0.05) is 30.5 Å². The molecule has 1 aromatic carbocycles. The second-order valence-electron chi connectivity index (χ2n) is 7.52. The topological polar surface area (TPSA) is 64.2 Å². The first-order valence-electron chi connectivity index (χ1n) is 9.44. The fraction of sp³-hybridized carbons (Fsp3) is 0.500. The van der Waals surface area contributed by atoms with Crippen LogP contribution in [-0.2, 0) is 7.05 Å². The molecule has 2 heterocycles. The average Bonchev–Trinajstić information content (AvgIpc) is 3.04. The van der Waals surface area contributed by atoms with Gasteiger partial charge in [0.05, 0.1) is 28.2 Å². The predicted molar refractivity (Wildman–Crippen MR) is 104 cm³/mol. The molecular formula is C20H25ClN4O. The minimum Gasteiger partial charge on any atom is -0.398 e. The van der Waals surface area contributed by atoms with Gasteiger partial charge in [-0.3, -0.25) is 9.48 Å². The molecule has 2 N–H and O–H groups in total. The van der Waals surface area contributed by atoms with E-state index in [1.54, 1.807) is 16.9 Å². The number of carbonyl (C=O) groups excluding carboxylic acids is 1. The van der Waals surface area contributed by atoms with E-state index in [0.717, 1.165) is 30.6 Å². The number of likely N-dealkylation sites (tertiary alicyclic amines) is 1. The highest BCUT2D eigenvalue weighted by Crippen LogP contribution is 2.37. The smallest absolute Gasteiger partial charge is 0.257 e. The molecule has 1 saturated carbocycles. The molecule has 1 saturated heterocycles. The molecule has 1 aliphatic heterocycles. The molecule has 26 heavy (non-hydrogen) atoms. The first-order chi connectivity index (χ1) is 12.6. The molecule has 2 unspecified atom stereocenters. The second kappa shape index (κ2) is 6.95. The van der Waals surface area contributed by atoms with Crippen LogP contribution in [0.1, 0.15) is 48.9 Å². The molecule has 2 fully saturated rings. The number of anilines is 1. The Bertz CT molecular complexity index is 829. The largest absolute Gasteiger partial charge is 0.398 e. The maximum atomic E-state index is 13.4. The molecule has 2 aromatic rings. The number of nitrogen functional groups attached to an aromatic ring is 1. The van der Waals surface area contributed by atoms with Crippen LogP contribution >= 0.6 is 11.6 Å². The van der Waals surface area contributed by atoms with Gasteiger partial charge in [-0.2, -0.15) is 5.10 Å². The Morgan fingerprint density at radius 2 is 2.00 bits per heavy atom. The predicted octanol–water partition coefficient (Wildman–Crippen LogP) is 4.12. The molecule has 1 aliphatic carbocycles. The number of nitrogens with two attached hydrogens (primary N) is 1. The lowest BCUT2D eigenvalue weighted by atomic mass is 9.78. The van der Waals surface area contributed by atoms with Crippen LogP contribution in [-0.4, -0.2) is 33.2 Å². The maximum Gasteiger partial charge on any atom is 0.257 e. The summed E-state index contributed by atoms with van der Waals surface area (Å²) >= 11 is 6.06. The van der Waals surface area contributed by atoms with Gasteiger partial charge in [-0.25, -0.2) is 0 Å². The summed E-state index contributed by atoms with van der Waals surface area (Å²) in [4.78, 5) is 15.5. The summed E-state index contributed by atoms with van der Waals surface area (Å²) in [6.45, 7) is 0.844. The van der Waals surface area contributed by atoms with Gasteiger partial charge < -0.3 is 10.6 Å². The third-order valence-corrected chi connectivity index (χ3v) is 6.29. The molecule has 6 heteroatoms. The number of hydrogen-bond acceptors (Lipinski definition) is 3. The number of piperidine rings is 1. The minimum absolute atomic E-state index is 0.0956. The van der Waals surface area contributed by atoms with Gasteiger partial charge in [-0.05, 0) is 43.7 Å². The highest BCUT2D eigenvalue weighted by atomic mass is 35.5. The van der Waals surface area contributed by atoms with Crippen LogP contribution in [0.25, 0.3) is 11.3 Å². The van der Waals surface area contributed by atoms with Crippen molar-refractivity contribution >= 4 is 23.2 Å². The number of halogens is 1. The zero-order chi connectivity index (χ0) is 18.3. The Kier molecular flexibility index (Phi) is 4.65. The number of aromatic nitrogens is 2. The second-order valence-corrected chi connectivity index (χ2v) is 7.93. The van der Waals surface area contributed by atoms with Crippen LogP contribution in [0.15, 0.2) is 24.4 Å². The highest BCUT2D eigenvalue weighted by molar-refractivity contribution is 6.33. The lowest BCUT2D eigenvalue weighted by Gasteiger charge is -2.44. The maximum absolute atomic E-state index is 13.4. The van der Waals surface area contributed by atoms with Crippen molar-refractivity contribution in [2.45, 2.75) is 44.6 Å². The standard InChI is InChI=1S/C20H25ClN4O/c1-24-19(14-8-9-16(21)17(22)11-14)15(12-23-24)20(26)25-10-4-6-13-5-2-3-7-18(13)25/h8-9,11-13,18H,2-7,10,22H2,1H3. The molecule has 5 nitrogen and oxygen atoms in total. The molecule has 1 amide bonds. The Labute approximate surface area is 159 Å². The Morgan fingerprint density at radius 1 is 1.23 bits per heavy atom. The number of hydrogen-bond donors (Lipinski definition) is 1. The van der Waals surface area contributed by atoms with Crippen molar-refractivity contribution in [3.63, 3.8) is 0 Å². The number of fused-ring (bicyclic) bond motifs is 1. The number of nitrogens with zero attached hydrogens (tertiary/aromatic N) is 3. The van der Waals surface area contributed by atoms with E-state index < -0.39 is 0 Å². The fourth-order valence-electron chi connectivity index (χ4n) is 4.66. The van der Waals surface area contributed by atoms with Crippen LogP contribution in [0.3, 0.4) is 0 Å². The number of amides is 1. The van der Waals surface area contributed by atoms with Crippen molar-refractivity contribution in [3.8, 4) is 11.3 Å². The SMILES string of the molecule is Cn1ncc(C(=O)N2CCCC3CCCCC32)c1-c1ccc(Cl)c(N)c1. The molecule has 2 atom stereocenters. The van der Waals surface area contributed by atoms with E-state index in [1.165, 1.54) is 25.7 Å². The van der Waals surface area contributed by atoms with Crippen molar-refractivity contribution in [2.24, 2.45) is 13.0 Å². The average molecular weight is 373 g/mol. The van der Waals surface area contributed by atoms with Gasteiger partial charge in [-0.15, -0.1) is 0 Å². The molecule has 1 aromatic heterocycles. The molecule has 0 spiro atoms. The lowest BCUT2D eigenvalue weighted by Crippen LogP contribution is -2.49. The monoisotopic (exact) mass is 372 g/mol. The van der Waals surface area contributed by atoms with E-state index in [1.807, 2.05) is 19.2 Å². The Morgan fingerprint density at radius 3 is 2.81 bits per heavy atom. The summed E-state index contributed by atoms with van der Waals surface area (Å²) in [6.07, 6.45) is 8.93. The van der Waals surface area contributed by atoms with Gasteiger partial charge in [0.1, 0.15) is 0 Å². The van der Waals surface area contributed by atoms with E-state index in [9.17, 15) is 4.79 Å². The Balaban J connectivity index is 1.69. The van der Waals surface area contributed by atoms with Gasteiger partial charge in [0.2, 0.25) is 0 Å². The van der Waals surface area contributed by atoms with Crippen LogP contribution in [0.5, 0.6) is 0 Å². The van der Waals surface area contributed by atoms with Crippen molar-refractivity contribution in [2.75, 3.05) is 12.3 Å². The molecule has 138 valence electrons. The minimum atomic E-state index is 0.0956. The first-order valence-corrected chi connectivity index (χ1v) is 9.82. The zero-order valence-corrected chi connectivity index (χ0v) is 15.9. The molecular weight excluding hydrogens is 348 g/mol. The number of rotatable bonds is 2.